The maximum absolute atomic E-state index is 12.9. The Labute approximate surface area is 176 Å². The molecule has 0 aromatic heterocycles. The fraction of sp³-hybridized carbons (Fsp3) is 0.350. The van der Waals surface area contributed by atoms with Gasteiger partial charge in [0.15, 0.2) is 0 Å². The van der Waals surface area contributed by atoms with Gasteiger partial charge in [-0.1, -0.05) is 60.0 Å². The summed E-state index contributed by atoms with van der Waals surface area (Å²) in [6.45, 7) is 1.03. The van der Waals surface area contributed by atoms with Gasteiger partial charge in [-0.3, -0.25) is 4.79 Å². The molecule has 0 bridgehead atoms. The Kier molecular flexibility index (Phi) is 7.80. The lowest BCUT2D eigenvalue weighted by atomic mass is 9.91. The topological polar surface area (TPSA) is 58.4 Å². The van der Waals surface area contributed by atoms with Gasteiger partial charge in [0, 0.05) is 11.6 Å². The summed E-state index contributed by atoms with van der Waals surface area (Å²) in [6, 6.07) is 13.3. The molecule has 1 aliphatic rings. The highest BCUT2D eigenvalue weighted by Crippen LogP contribution is 2.31. The number of rotatable bonds is 4. The SMILES string of the molecule is CN1CCCC[C@@H]1C(NC(=O)c1cc(Cl)c(N)c(Cl)c1)c1ccccc1.Cl. The lowest BCUT2D eigenvalue weighted by molar-refractivity contribution is 0.0871. The van der Waals surface area contributed by atoms with Gasteiger partial charge >= 0.3 is 0 Å². The Balaban J connectivity index is 0.00000261. The number of likely N-dealkylation sites (tertiary alicyclic amines) is 1. The van der Waals surface area contributed by atoms with Gasteiger partial charge in [-0.05, 0) is 44.1 Å². The van der Waals surface area contributed by atoms with Crippen LogP contribution >= 0.6 is 35.6 Å². The highest BCUT2D eigenvalue weighted by atomic mass is 35.5. The minimum Gasteiger partial charge on any atom is -0.396 e. The molecule has 0 aliphatic carbocycles. The van der Waals surface area contributed by atoms with E-state index >= 15 is 0 Å². The Hall–Kier alpha value is -1.46. The van der Waals surface area contributed by atoms with Gasteiger partial charge in [0.05, 0.1) is 21.8 Å². The van der Waals surface area contributed by atoms with Crippen LogP contribution in [0.25, 0.3) is 0 Å². The van der Waals surface area contributed by atoms with E-state index in [-0.39, 0.29) is 46.1 Å². The average Bonchev–Trinajstić information content (AvgIpc) is 2.65. The third-order valence-corrected chi connectivity index (χ3v) is 5.62. The van der Waals surface area contributed by atoms with Crippen LogP contribution in [0.3, 0.4) is 0 Å². The van der Waals surface area contributed by atoms with E-state index < -0.39 is 0 Å². The minimum absolute atomic E-state index is 0. The van der Waals surface area contributed by atoms with Crippen LogP contribution in [0.1, 0.15) is 41.2 Å². The van der Waals surface area contributed by atoms with Crippen molar-refractivity contribution in [2.45, 2.75) is 31.3 Å². The molecule has 2 aromatic carbocycles. The number of benzene rings is 2. The molecule has 0 radical (unpaired) electrons. The molecule has 1 amide bonds. The molecule has 1 heterocycles. The van der Waals surface area contributed by atoms with Gasteiger partial charge < -0.3 is 16.0 Å². The van der Waals surface area contributed by atoms with Gasteiger partial charge in [-0.15, -0.1) is 12.4 Å². The summed E-state index contributed by atoms with van der Waals surface area (Å²) < 4.78 is 0. The molecular weight excluding hydrogens is 405 g/mol. The third kappa shape index (κ3) is 5.08. The summed E-state index contributed by atoms with van der Waals surface area (Å²) in [7, 11) is 2.11. The second kappa shape index (κ2) is 9.65. The van der Waals surface area contributed by atoms with E-state index in [4.69, 9.17) is 28.9 Å². The van der Waals surface area contributed by atoms with Crippen molar-refractivity contribution in [3.63, 3.8) is 0 Å². The van der Waals surface area contributed by atoms with Crippen LogP contribution in [0.15, 0.2) is 42.5 Å². The van der Waals surface area contributed by atoms with Gasteiger partial charge in [0.2, 0.25) is 0 Å². The summed E-state index contributed by atoms with van der Waals surface area (Å²) in [5.41, 5.74) is 7.57. The number of amides is 1. The maximum Gasteiger partial charge on any atom is 0.251 e. The van der Waals surface area contributed by atoms with Crippen LogP contribution in [0, 0.1) is 0 Å². The van der Waals surface area contributed by atoms with Crippen LogP contribution in [-0.2, 0) is 0 Å². The monoisotopic (exact) mass is 427 g/mol. The first-order valence-electron chi connectivity index (χ1n) is 8.78. The quantitative estimate of drug-likeness (QED) is 0.677. The molecule has 27 heavy (non-hydrogen) atoms. The molecule has 1 unspecified atom stereocenters. The molecule has 1 fully saturated rings. The zero-order chi connectivity index (χ0) is 18.7. The highest BCUT2D eigenvalue weighted by molar-refractivity contribution is 6.39. The van der Waals surface area contributed by atoms with Crippen LogP contribution in [0.2, 0.25) is 10.0 Å². The predicted octanol–water partition coefficient (Wildman–Crippen LogP) is 4.95. The van der Waals surface area contributed by atoms with E-state index in [0.29, 0.717) is 5.56 Å². The number of nitrogens with two attached hydrogens (primary N) is 1. The Morgan fingerprint density at radius 1 is 1.19 bits per heavy atom. The van der Waals surface area contributed by atoms with Crippen molar-refractivity contribution in [3.8, 4) is 0 Å². The third-order valence-electron chi connectivity index (χ3n) is 5.00. The number of anilines is 1. The summed E-state index contributed by atoms with van der Waals surface area (Å²) in [4.78, 5) is 15.2. The molecule has 1 aliphatic heterocycles. The van der Waals surface area contributed by atoms with Gasteiger partial charge in [0.1, 0.15) is 0 Å². The molecular formula is C20H24Cl3N3O. The maximum atomic E-state index is 12.9. The van der Waals surface area contributed by atoms with Crippen molar-refractivity contribution < 1.29 is 4.79 Å². The molecule has 146 valence electrons. The van der Waals surface area contributed by atoms with Gasteiger partial charge in [-0.2, -0.15) is 0 Å². The van der Waals surface area contributed by atoms with E-state index in [1.807, 2.05) is 18.2 Å². The number of piperidine rings is 1. The van der Waals surface area contributed by atoms with Crippen molar-refractivity contribution in [2.75, 3.05) is 19.3 Å². The second-order valence-electron chi connectivity index (χ2n) is 6.76. The molecule has 2 atom stereocenters. The van der Waals surface area contributed by atoms with Crippen molar-refractivity contribution >= 4 is 47.2 Å². The fourth-order valence-corrected chi connectivity index (χ4v) is 4.01. The van der Waals surface area contributed by atoms with Crippen molar-refractivity contribution in [1.82, 2.24) is 10.2 Å². The Morgan fingerprint density at radius 2 is 1.81 bits per heavy atom. The van der Waals surface area contributed by atoms with Crippen LogP contribution in [-0.4, -0.2) is 30.4 Å². The predicted molar refractivity (Wildman–Crippen MR) is 115 cm³/mol. The number of hydrogen-bond acceptors (Lipinski definition) is 3. The molecule has 3 rings (SSSR count). The number of carbonyl (C=O) groups excluding carboxylic acids is 1. The number of nitrogens with one attached hydrogen (secondary N) is 1. The molecule has 4 nitrogen and oxygen atoms in total. The van der Waals surface area contributed by atoms with Gasteiger partial charge in [0.25, 0.3) is 5.91 Å². The van der Waals surface area contributed by atoms with E-state index in [1.54, 1.807) is 12.1 Å². The molecule has 7 heteroatoms. The molecule has 0 spiro atoms. The molecule has 3 N–H and O–H groups in total. The number of hydrogen-bond donors (Lipinski definition) is 2. The number of likely N-dealkylation sites (N-methyl/N-ethyl adjacent to an activating group) is 1. The Bertz CT molecular complexity index is 762. The zero-order valence-corrected chi connectivity index (χ0v) is 17.4. The number of nitrogen functional groups attached to an aromatic ring is 1. The van der Waals surface area contributed by atoms with Crippen molar-refractivity contribution in [1.29, 1.82) is 0 Å². The van der Waals surface area contributed by atoms with Crippen molar-refractivity contribution in [2.24, 2.45) is 0 Å². The van der Waals surface area contributed by atoms with Crippen LogP contribution < -0.4 is 11.1 Å². The normalized spacial score (nSPS) is 18.4. The largest absolute Gasteiger partial charge is 0.396 e. The van der Waals surface area contributed by atoms with E-state index in [1.165, 1.54) is 6.42 Å². The summed E-state index contributed by atoms with van der Waals surface area (Å²) in [5, 5.41) is 3.76. The Morgan fingerprint density at radius 3 is 2.41 bits per heavy atom. The number of carbonyl (C=O) groups is 1. The number of halogens is 3. The van der Waals surface area contributed by atoms with Crippen molar-refractivity contribution in [3.05, 3.63) is 63.6 Å². The van der Waals surface area contributed by atoms with E-state index in [9.17, 15) is 4.79 Å². The van der Waals surface area contributed by atoms with Crippen LogP contribution in [0.5, 0.6) is 0 Å². The minimum atomic E-state index is -0.207. The smallest absolute Gasteiger partial charge is 0.251 e. The second-order valence-corrected chi connectivity index (χ2v) is 7.57. The summed E-state index contributed by atoms with van der Waals surface area (Å²) >= 11 is 12.2. The summed E-state index contributed by atoms with van der Waals surface area (Å²) in [5.74, 6) is -0.207. The first-order valence-corrected chi connectivity index (χ1v) is 9.53. The number of nitrogens with zero attached hydrogens (tertiary/aromatic N) is 1. The van der Waals surface area contributed by atoms with E-state index in [2.05, 4.69) is 29.4 Å². The average molecular weight is 429 g/mol. The van der Waals surface area contributed by atoms with Crippen LogP contribution in [0.4, 0.5) is 5.69 Å². The standard InChI is InChI=1S/C20H23Cl2N3O.ClH/c1-25-10-6-5-9-17(25)19(13-7-3-2-4-8-13)24-20(26)14-11-15(21)18(23)16(22)12-14;/h2-4,7-8,11-12,17,19H,5-6,9-10,23H2,1H3,(H,24,26);1H/t17-,19?;/m1./s1. The highest BCUT2D eigenvalue weighted by Gasteiger charge is 2.30. The van der Waals surface area contributed by atoms with Gasteiger partial charge in [-0.25, -0.2) is 0 Å². The summed E-state index contributed by atoms with van der Waals surface area (Å²) in [6.07, 6.45) is 3.39. The fourth-order valence-electron chi connectivity index (χ4n) is 3.52. The molecule has 2 aromatic rings. The lowest BCUT2D eigenvalue weighted by Crippen LogP contribution is -2.47. The first-order chi connectivity index (χ1) is 12.5. The molecule has 1 saturated heterocycles. The lowest BCUT2D eigenvalue weighted by Gasteiger charge is -2.38. The van der Waals surface area contributed by atoms with E-state index in [0.717, 1.165) is 24.9 Å². The molecule has 0 saturated carbocycles. The first kappa shape index (κ1) is 21.8. The zero-order valence-electron chi connectivity index (χ0n) is 15.1.